The van der Waals surface area contributed by atoms with Crippen LogP contribution in [-0.4, -0.2) is 0 Å². The van der Waals surface area contributed by atoms with Crippen molar-refractivity contribution in [1.82, 2.24) is 0 Å². The number of hydrogen-bond acceptors (Lipinski definition) is 0. The fourth-order valence-corrected chi connectivity index (χ4v) is 2.84. The SMILES string of the molecule is CCC1CCCC1.CCC1CCCC1.[Ni]. The normalized spacial score (nSPS) is 22.0. The molecule has 1 heteroatoms. The van der Waals surface area contributed by atoms with E-state index in [9.17, 15) is 0 Å². The third kappa shape index (κ3) is 6.61. The largest absolute Gasteiger partial charge is 0.0651 e. The molecule has 2 aliphatic rings. The van der Waals surface area contributed by atoms with E-state index in [0.29, 0.717) is 0 Å². The molecule has 0 radical (unpaired) electrons. The third-order valence-corrected chi connectivity index (χ3v) is 4.10. The quantitative estimate of drug-likeness (QED) is 0.597. The van der Waals surface area contributed by atoms with E-state index in [1.807, 2.05) is 0 Å². The first kappa shape index (κ1) is 15.5. The van der Waals surface area contributed by atoms with Gasteiger partial charge in [0.1, 0.15) is 0 Å². The van der Waals surface area contributed by atoms with Crippen LogP contribution in [0.5, 0.6) is 0 Å². The van der Waals surface area contributed by atoms with Crippen LogP contribution in [0.2, 0.25) is 0 Å². The molecule has 2 aliphatic carbocycles. The second kappa shape index (κ2) is 9.70. The van der Waals surface area contributed by atoms with Gasteiger partial charge in [-0.05, 0) is 11.8 Å². The van der Waals surface area contributed by atoms with Crippen molar-refractivity contribution in [3.05, 3.63) is 0 Å². The maximum Gasteiger partial charge on any atom is 0 e. The first-order chi connectivity index (χ1) is 6.86. The van der Waals surface area contributed by atoms with Crippen LogP contribution in [0.15, 0.2) is 0 Å². The van der Waals surface area contributed by atoms with E-state index in [-0.39, 0.29) is 16.5 Å². The molecule has 0 bridgehead atoms. The van der Waals surface area contributed by atoms with Crippen molar-refractivity contribution in [3.8, 4) is 0 Å². The van der Waals surface area contributed by atoms with E-state index >= 15 is 0 Å². The molecule has 0 spiro atoms. The van der Waals surface area contributed by atoms with Crippen LogP contribution < -0.4 is 0 Å². The molecule has 0 aromatic rings. The smallest absolute Gasteiger partial charge is 0 e. The van der Waals surface area contributed by atoms with Crippen molar-refractivity contribution >= 4 is 0 Å². The van der Waals surface area contributed by atoms with Gasteiger partial charge in [-0.3, -0.25) is 0 Å². The standard InChI is InChI=1S/2C7H14.Ni/c2*1-2-7-5-3-4-6-7;/h2*7H,2-6H2,1H3;. The first-order valence-electron chi connectivity index (χ1n) is 6.86. The molecule has 2 fully saturated rings. The van der Waals surface area contributed by atoms with Crippen molar-refractivity contribution in [1.29, 1.82) is 0 Å². The van der Waals surface area contributed by atoms with Crippen LogP contribution in [0.4, 0.5) is 0 Å². The fourth-order valence-electron chi connectivity index (χ4n) is 2.84. The average Bonchev–Trinajstić information content (AvgIpc) is 2.92. The molecule has 0 heterocycles. The minimum absolute atomic E-state index is 0. The maximum atomic E-state index is 2.30. The number of hydrogen-bond donors (Lipinski definition) is 0. The second-order valence-electron chi connectivity index (χ2n) is 5.12. The molecule has 2 saturated carbocycles. The van der Waals surface area contributed by atoms with Crippen LogP contribution in [0.3, 0.4) is 0 Å². The van der Waals surface area contributed by atoms with E-state index in [0.717, 1.165) is 11.8 Å². The molecule has 0 aliphatic heterocycles. The molecule has 0 amide bonds. The molecule has 0 nitrogen and oxygen atoms in total. The number of rotatable bonds is 2. The Morgan fingerprint density at radius 1 is 0.667 bits per heavy atom. The van der Waals surface area contributed by atoms with Crippen LogP contribution in [0.1, 0.15) is 78.1 Å². The summed E-state index contributed by atoms with van der Waals surface area (Å²) in [6, 6.07) is 0. The Labute approximate surface area is 107 Å². The van der Waals surface area contributed by atoms with Gasteiger partial charge >= 0.3 is 0 Å². The summed E-state index contributed by atoms with van der Waals surface area (Å²) in [7, 11) is 0. The topological polar surface area (TPSA) is 0 Å². The van der Waals surface area contributed by atoms with Crippen molar-refractivity contribution in [2.45, 2.75) is 78.1 Å². The molecule has 0 aromatic heterocycles. The molecule has 2 rings (SSSR count). The predicted octanol–water partition coefficient (Wildman–Crippen LogP) is 5.17. The van der Waals surface area contributed by atoms with Crippen molar-refractivity contribution in [2.75, 3.05) is 0 Å². The Balaban J connectivity index is 0.000000245. The maximum absolute atomic E-state index is 2.30. The summed E-state index contributed by atoms with van der Waals surface area (Å²) in [4.78, 5) is 0. The Morgan fingerprint density at radius 3 is 1.07 bits per heavy atom. The van der Waals surface area contributed by atoms with Crippen LogP contribution in [0.25, 0.3) is 0 Å². The van der Waals surface area contributed by atoms with Crippen molar-refractivity contribution < 1.29 is 16.5 Å². The molecular weight excluding hydrogens is 227 g/mol. The monoisotopic (exact) mass is 254 g/mol. The van der Waals surface area contributed by atoms with Gasteiger partial charge in [-0.25, -0.2) is 0 Å². The summed E-state index contributed by atoms with van der Waals surface area (Å²) in [6.07, 6.45) is 14.9. The third-order valence-electron chi connectivity index (χ3n) is 4.10. The van der Waals surface area contributed by atoms with Crippen molar-refractivity contribution in [3.63, 3.8) is 0 Å². The molecule has 0 unspecified atom stereocenters. The fraction of sp³-hybridized carbons (Fsp3) is 1.00. The van der Waals surface area contributed by atoms with Crippen LogP contribution in [-0.2, 0) is 16.5 Å². The average molecular weight is 255 g/mol. The van der Waals surface area contributed by atoms with Crippen molar-refractivity contribution in [2.24, 2.45) is 11.8 Å². The first-order valence-corrected chi connectivity index (χ1v) is 6.86. The Morgan fingerprint density at radius 2 is 0.933 bits per heavy atom. The van der Waals surface area contributed by atoms with Gasteiger partial charge in [0.25, 0.3) is 0 Å². The summed E-state index contributed by atoms with van der Waals surface area (Å²) < 4.78 is 0. The summed E-state index contributed by atoms with van der Waals surface area (Å²) >= 11 is 0. The van der Waals surface area contributed by atoms with Gasteiger partial charge in [0.2, 0.25) is 0 Å². The predicted molar refractivity (Wildman–Crippen MR) is 64.5 cm³/mol. The van der Waals surface area contributed by atoms with E-state index in [2.05, 4.69) is 13.8 Å². The summed E-state index contributed by atoms with van der Waals surface area (Å²) in [5.74, 6) is 2.19. The minimum atomic E-state index is 0. The Bertz CT molecular complexity index is 105. The molecule has 94 valence electrons. The van der Waals surface area contributed by atoms with Gasteiger partial charge in [-0.2, -0.15) is 0 Å². The zero-order valence-electron chi connectivity index (χ0n) is 10.5. The summed E-state index contributed by atoms with van der Waals surface area (Å²) in [6.45, 7) is 4.60. The second-order valence-corrected chi connectivity index (χ2v) is 5.12. The molecule has 15 heavy (non-hydrogen) atoms. The molecule has 0 saturated heterocycles. The van der Waals surface area contributed by atoms with Crippen LogP contribution >= 0.6 is 0 Å². The van der Waals surface area contributed by atoms with Gasteiger partial charge in [-0.15, -0.1) is 0 Å². The van der Waals surface area contributed by atoms with E-state index < -0.39 is 0 Å². The van der Waals surface area contributed by atoms with E-state index in [1.54, 1.807) is 0 Å². The van der Waals surface area contributed by atoms with Gasteiger partial charge < -0.3 is 0 Å². The Hall–Kier alpha value is 0.494. The van der Waals surface area contributed by atoms with Gasteiger partial charge in [-0.1, -0.05) is 78.1 Å². The molecule has 0 atom stereocenters. The zero-order valence-corrected chi connectivity index (χ0v) is 11.5. The zero-order chi connectivity index (χ0) is 10.2. The van der Waals surface area contributed by atoms with E-state index in [4.69, 9.17) is 0 Å². The molecular formula is C14H28Ni. The van der Waals surface area contributed by atoms with E-state index in [1.165, 1.54) is 64.2 Å². The van der Waals surface area contributed by atoms with Gasteiger partial charge in [0.05, 0.1) is 0 Å². The molecule has 0 N–H and O–H groups in total. The molecule has 0 aromatic carbocycles. The Kier molecular flexibility index (Phi) is 10.0. The minimum Gasteiger partial charge on any atom is -0.0651 e. The summed E-state index contributed by atoms with van der Waals surface area (Å²) in [5, 5.41) is 0. The van der Waals surface area contributed by atoms with Gasteiger partial charge in [0.15, 0.2) is 0 Å². The van der Waals surface area contributed by atoms with Gasteiger partial charge in [0, 0.05) is 16.5 Å². The van der Waals surface area contributed by atoms with Crippen LogP contribution in [0, 0.1) is 11.8 Å². The summed E-state index contributed by atoms with van der Waals surface area (Å²) in [5.41, 5.74) is 0.